The highest BCUT2D eigenvalue weighted by Gasteiger charge is 2.38. The third-order valence-electron chi connectivity index (χ3n) is 5.34. The molecule has 2 aromatic rings. The van der Waals surface area contributed by atoms with Gasteiger partial charge in [-0.1, -0.05) is 60.7 Å². The van der Waals surface area contributed by atoms with Gasteiger partial charge >= 0.3 is 0 Å². The van der Waals surface area contributed by atoms with Crippen LogP contribution in [0.25, 0.3) is 0 Å². The number of carbonyl (C=O) groups is 1. The molecule has 1 unspecified atom stereocenters. The average Bonchev–Trinajstić information content (AvgIpc) is 3.41. The molecular formula is C22H26N2O. The van der Waals surface area contributed by atoms with Gasteiger partial charge in [0.05, 0.1) is 0 Å². The molecule has 3 nitrogen and oxygen atoms in total. The summed E-state index contributed by atoms with van der Waals surface area (Å²) in [6.45, 7) is 3.79. The van der Waals surface area contributed by atoms with Crippen molar-refractivity contribution in [2.75, 3.05) is 13.1 Å². The summed E-state index contributed by atoms with van der Waals surface area (Å²) in [5, 5.41) is 0. The summed E-state index contributed by atoms with van der Waals surface area (Å²) >= 11 is 0. The molecule has 2 aliphatic rings. The van der Waals surface area contributed by atoms with Crippen molar-refractivity contribution >= 4 is 5.91 Å². The number of nitrogens with zero attached hydrogens (tertiary/aromatic N) is 2. The molecule has 3 heteroatoms. The highest BCUT2D eigenvalue weighted by Crippen LogP contribution is 2.33. The van der Waals surface area contributed by atoms with Crippen LogP contribution in [0.1, 0.15) is 30.4 Å². The van der Waals surface area contributed by atoms with Crippen LogP contribution < -0.4 is 0 Å². The Morgan fingerprint density at radius 2 is 1.56 bits per heavy atom. The minimum absolute atomic E-state index is 0.284. The average molecular weight is 334 g/mol. The summed E-state index contributed by atoms with van der Waals surface area (Å²) in [5.41, 5.74) is 2.59. The summed E-state index contributed by atoms with van der Waals surface area (Å²) < 4.78 is 0. The Bertz CT molecular complexity index is 696. The first-order valence-corrected chi connectivity index (χ1v) is 9.40. The first-order valence-electron chi connectivity index (χ1n) is 9.40. The summed E-state index contributed by atoms with van der Waals surface area (Å²) in [4.78, 5) is 17.5. The van der Waals surface area contributed by atoms with E-state index >= 15 is 0 Å². The molecule has 0 spiro atoms. The largest absolute Gasteiger partial charge is 0.334 e. The fourth-order valence-electron chi connectivity index (χ4n) is 3.78. The Morgan fingerprint density at radius 1 is 0.920 bits per heavy atom. The number of rotatable bonds is 6. The third kappa shape index (κ3) is 4.10. The second kappa shape index (κ2) is 7.40. The van der Waals surface area contributed by atoms with Gasteiger partial charge in [0.25, 0.3) is 0 Å². The predicted molar refractivity (Wildman–Crippen MR) is 99.8 cm³/mol. The van der Waals surface area contributed by atoms with E-state index in [9.17, 15) is 4.79 Å². The lowest BCUT2D eigenvalue weighted by Gasteiger charge is -2.30. The highest BCUT2D eigenvalue weighted by molar-refractivity contribution is 5.81. The van der Waals surface area contributed by atoms with E-state index in [4.69, 9.17) is 0 Å². The summed E-state index contributed by atoms with van der Waals surface area (Å²) in [6.07, 6.45) is 3.23. The van der Waals surface area contributed by atoms with Crippen LogP contribution in [0.3, 0.4) is 0 Å². The lowest BCUT2D eigenvalue weighted by molar-refractivity contribution is -0.135. The van der Waals surface area contributed by atoms with Crippen molar-refractivity contribution in [2.45, 2.75) is 38.4 Å². The maximum Gasteiger partial charge on any atom is 0.226 e. The van der Waals surface area contributed by atoms with Gasteiger partial charge in [-0.25, -0.2) is 0 Å². The zero-order valence-corrected chi connectivity index (χ0v) is 14.7. The molecule has 1 atom stereocenters. The molecule has 1 saturated heterocycles. The van der Waals surface area contributed by atoms with E-state index in [2.05, 4.69) is 64.4 Å². The Kier molecular flexibility index (Phi) is 4.84. The minimum Gasteiger partial charge on any atom is -0.334 e. The molecule has 1 aliphatic carbocycles. The fraction of sp³-hybridized carbons (Fsp3) is 0.409. The van der Waals surface area contributed by atoms with Crippen LogP contribution in [0.5, 0.6) is 0 Å². The molecule has 1 amide bonds. The van der Waals surface area contributed by atoms with E-state index in [0.717, 1.165) is 45.4 Å². The van der Waals surface area contributed by atoms with Crippen molar-refractivity contribution < 1.29 is 4.79 Å². The van der Waals surface area contributed by atoms with Gasteiger partial charge in [0.1, 0.15) is 0 Å². The van der Waals surface area contributed by atoms with Crippen LogP contribution in [0.15, 0.2) is 60.7 Å². The van der Waals surface area contributed by atoms with E-state index in [1.165, 1.54) is 11.1 Å². The first-order chi connectivity index (χ1) is 12.3. The summed E-state index contributed by atoms with van der Waals surface area (Å²) in [6, 6.07) is 21.4. The first kappa shape index (κ1) is 16.3. The number of benzene rings is 2. The zero-order valence-electron chi connectivity index (χ0n) is 14.7. The molecule has 1 heterocycles. The van der Waals surface area contributed by atoms with Gasteiger partial charge in [0, 0.05) is 38.1 Å². The fourth-order valence-corrected chi connectivity index (χ4v) is 3.78. The van der Waals surface area contributed by atoms with Crippen molar-refractivity contribution in [1.82, 2.24) is 9.80 Å². The molecule has 1 aliphatic heterocycles. The topological polar surface area (TPSA) is 23.6 Å². The molecule has 130 valence electrons. The van der Waals surface area contributed by atoms with Crippen molar-refractivity contribution in [3.63, 3.8) is 0 Å². The van der Waals surface area contributed by atoms with Crippen molar-refractivity contribution in [2.24, 2.45) is 5.92 Å². The lowest BCUT2D eigenvalue weighted by atomic mass is 10.1. The molecule has 0 bridgehead atoms. The Labute approximate surface area is 150 Å². The van der Waals surface area contributed by atoms with Crippen molar-refractivity contribution in [3.05, 3.63) is 71.8 Å². The van der Waals surface area contributed by atoms with Crippen LogP contribution in [0.4, 0.5) is 0 Å². The molecule has 0 radical (unpaired) electrons. The maximum atomic E-state index is 12.9. The van der Waals surface area contributed by atoms with E-state index in [1.807, 2.05) is 6.07 Å². The van der Waals surface area contributed by atoms with Crippen LogP contribution in [-0.4, -0.2) is 34.8 Å². The number of hydrogen-bond acceptors (Lipinski definition) is 2. The summed E-state index contributed by atoms with van der Waals surface area (Å²) in [7, 11) is 0. The van der Waals surface area contributed by atoms with Gasteiger partial charge in [-0.3, -0.25) is 9.69 Å². The number of likely N-dealkylation sites (tertiary alicyclic amines) is 1. The van der Waals surface area contributed by atoms with Gasteiger partial charge in [-0.05, 0) is 30.4 Å². The van der Waals surface area contributed by atoms with Crippen molar-refractivity contribution in [3.8, 4) is 0 Å². The Hall–Kier alpha value is -2.13. The van der Waals surface area contributed by atoms with E-state index in [-0.39, 0.29) is 5.92 Å². The molecule has 25 heavy (non-hydrogen) atoms. The molecule has 1 saturated carbocycles. The molecule has 4 rings (SSSR count). The monoisotopic (exact) mass is 334 g/mol. The standard InChI is InChI=1S/C22H26N2O/c25-22(20-11-12-20)24(16-19-9-5-2-6-10-19)21-13-14-23(17-21)15-18-7-3-1-4-8-18/h1-10,20-21H,11-17H2. The van der Waals surface area contributed by atoms with E-state index in [0.29, 0.717) is 11.9 Å². The van der Waals surface area contributed by atoms with E-state index in [1.54, 1.807) is 0 Å². The van der Waals surface area contributed by atoms with Gasteiger partial charge in [-0.15, -0.1) is 0 Å². The maximum absolute atomic E-state index is 12.9. The SMILES string of the molecule is O=C(C1CC1)N(Cc1ccccc1)C1CCN(Cc2ccccc2)C1. The number of carbonyl (C=O) groups excluding carboxylic acids is 1. The van der Waals surface area contributed by atoms with Crippen LogP contribution in [-0.2, 0) is 17.9 Å². The molecule has 2 fully saturated rings. The molecule has 0 aromatic heterocycles. The normalized spacial score (nSPS) is 20.6. The predicted octanol–water partition coefficient (Wildman–Crippen LogP) is 3.70. The smallest absolute Gasteiger partial charge is 0.226 e. The second-order valence-corrected chi connectivity index (χ2v) is 7.39. The number of amides is 1. The number of hydrogen-bond donors (Lipinski definition) is 0. The minimum atomic E-state index is 0.284. The second-order valence-electron chi connectivity index (χ2n) is 7.39. The van der Waals surface area contributed by atoms with Gasteiger partial charge in [0.15, 0.2) is 0 Å². The van der Waals surface area contributed by atoms with Crippen LogP contribution in [0.2, 0.25) is 0 Å². The Balaban J connectivity index is 1.43. The van der Waals surface area contributed by atoms with Crippen LogP contribution in [0, 0.1) is 5.92 Å². The van der Waals surface area contributed by atoms with Crippen LogP contribution >= 0.6 is 0 Å². The molecular weight excluding hydrogens is 308 g/mol. The quantitative estimate of drug-likeness (QED) is 0.804. The van der Waals surface area contributed by atoms with Gasteiger partial charge < -0.3 is 4.90 Å². The molecule has 2 aromatic carbocycles. The zero-order chi connectivity index (χ0) is 17.1. The van der Waals surface area contributed by atoms with Gasteiger partial charge in [0.2, 0.25) is 5.91 Å². The van der Waals surface area contributed by atoms with Gasteiger partial charge in [-0.2, -0.15) is 0 Å². The summed E-state index contributed by atoms with van der Waals surface area (Å²) in [5.74, 6) is 0.655. The van der Waals surface area contributed by atoms with Crippen molar-refractivity contribution in [1.29, 1.82) is 0 Å². The third-order valence-corrected chi connectivity index (χ3v) is 5.34. The molecule has 0 N–H and O–H groups in total. The Morgan fingerprint density at radius 3 is 2.20 bits per heavy atom. The van der Waals surface area contributed by atoms with E-state index < -0.39 is 0 Å². The lowest BCUT2D eigenvalue weighted by Crippen LogP contribution is -2.42. The highest BCUT2D eigenvalue weighted by atomic mass is 16.2.